The Hall–Kier alpha value is -1.26. The molecule has 0 spiro atoms. The maximum Gasteiger partial charge on any atom is 0.233 e. The molecule has 2 amide bonds. The van der Waals surface area contributed by atoms with Crippen molar-refractivity contribution in [1.82, 2.24) is 5.32 Å². The average Bonchev–Trinajstić information content (AvgIpc) is 2.87. The molecule has 0 radical (unpaired) electrons. The van der Waals surface area contributed by atoms with Crippen LogP contribution in [0.25, 0.3) is 0 Å². The Labute approximate surface area is 127 Å². The number of carbonyl (C=O) groups excluding carboxylic acids is 2. The summed E-state index contributed by atoms with van der Waals surface area (Å²) in [7, 11) is 0. The molecule has 1 saturated carbocycles. The van der Waals surface area contributed by atoms with Crippen LogP contribution in [-0.4, -0.2) is 17.9 Å². The number of rotatable bonds is 4. The Morgan fingerprint density at radius 3 is 2.55 bits per heavy atom. The number of amides is 2. The van der Waals surface area contributed by atoms with Gasteiger partial charge < -0.3 is 10.6 Å². The Morgan fingerprint density at radius 2 is 1.85 bits per heavy atom. The minimum atomic E-state index is -0.398. The normalized spacial score (nSPS) is 15.1. The number of anilines is 1. The fourth-order valence-electron chi connectivity index (χ4n) is 2.29. The molecule has 0 saturated heterocycles. The number of halogens is 2. The maximum absolute atomic E-state index is 11.8. The zero-order valence-corrected chi connectivity index (χ0v) is 12.4. The van der Waals surface area contributed by atoms with Gasteiger partial charge in [0.1, 0.15) is 6.42 Å². The Balaban J connectivity index is 1.85. The van der Waals surface area contributed by atoms with Crippen LogP contribution in [0.5, 0.6) is 0 Å². The largest absolute Gasteiger partial charge is 0.353 e. The first-order valence-corrected chi connectivity index (χ1v) is 7.35. The van der Waals surface area contributed by atoms with Crippen molar-refractivity contribution in [2.75, 3.05) is 5.32 Å². The quantitative estimate of drug-likeness (QED) is 0.837. The van der Waals surface area contributed by atoms with E-state index in [0.29, 0.717) is 10.7 Å². The zero-order valence-electron chi connectivity index (χ0n) is 10.9. The lowest BCUT2D eigenvalue weighted by molar-refractivity contribution is -0.127. The zero-order chi connectivity index (χ0) is 14.5. The Bertz CT molecular complexity index is 514. The van der Waals surface area contributed by atoms with Crippen molar-refractivity contribution in [3.05, 3.63) is 28.2 Å². The van der Waals surface area contributed by atoms with E-state index in [1.54, 1.807) is 18.2 Å². The van der Waals surface area contributed by atoms with Crippen LogP contribution in [-0.2, 0) is 9.59 Å². The monoisotopic (exact) mass is 314 g/mol. The van der Waals surface area contributed by atoms with Crippen LogP contribution in [0.15, 0.2) is 18.2 Å². The second-order valence-corrected chi connectivity index (χ2v) is 5.66. The Morgan fingerprint density at radius 1 is 1.15 bits per heavy atom. The standard InChI is InChI=1S/C14H16Cl2N2O2/c15-10-6-3-7-11(14(10)16)18-13(20)8-12(19)17-9-4-1-2-5-9/h3,6-7,9H,1-2,4-5,8H2,(H,17,19)(H,18,20). The van der Waals surface area contributed by atoms with Gasteiger partial charge in [0.15, 0.2) is 0 Å². The summed E-state index contributed by atoms with van der Waals surface area (Å²) in [5, 5.41) is 6.09. The van der Waals surface area contributed by atoms with Crippen LogP contribution in [0.1, 0.15) is 32.1 Å². The van der Waals surface area contributed by atoms with Gasteiger partial charge in [0.05, 0.1) is 15.7 Å². The number of hydrogen-bond donors (Lipinski definition) is 2. The van der Waals surface area contributed by atoms with Crippen molar-refractivity contribution in [3.63, 3.8) is 0 Å². The summed E-state index contributed by atoms with van der Waals surface area (Å²) in [6, 6.07) is 5.17. The van der Waals surface area contributed by atoms with E-state index >= 15 is 0 Å². The van der Waals surface area contributed by atoms with Crippen LogP contribution in [0.4, 0.5) is 5.69 Å². The lowest BCUT2D eigenvalue weighted by atomic mass is 10.2. The molecule has 0 bridgehead atoms. The SMILES string of the molecule is O=C(CC(=O)NC1CCCC1)Nc1cccc(Cl)c1Cl. The summed E-state index contributed by atoms with van der Waals surface area (Å²) in [6.45, 7) is 0. The molecule has 6 heteroatoms. The van der Waals surface area contributed by atoms with Crippen LogP contribution >= 0.6 is 23.2 Å². The molecule has 1 aromatic carbocycles. The van der Waals surface area contributed by atoms with Crippen molar-refractivity contribution >= 4 is 40.7 Å². The molecule has 0 aromatic heterocycles. The van der Waals surface area contributed by atoms with Crippen LogP contribution in [0.2, 0.25) is 10.0 Å². The average molecular weight is 315 g/mol. The third-order valence-electron chi connectivity index (χ3n) is 3.27. The van der Waals surface area contributed by atoms with E-state index in [-0.39, 0.29) is 23.4 Å². The highest BCUT2D eigenvalue weighted by Gasteiger charge is 2.19. The predicted octanol–water partition coefficient (Wildman–Crippen LogP) is 3.38. The predicted molar refractivity (Wildman–Crippen MR) is 80.1 cm³/mol. The molecule has 1 aliphatic rings. The highest BCUT2D eigenvalue weighted by molar-refractivity contribution is 6.44. The first-order valence-electron chi connectivity index (χ1n) is 6.59. The number of hydrogen-bond acceptors (Lipinski definition) is 2. The van der Waals surface area contributed by atoms with Gasteiger partial charge in [-0.2, -0.15) is 0 Å². The third-order valence-corrected chi connectivity index (χ3v) is 4.09. The van der Waals surface area contributed by atoms with Gasteiger partial charge in [-0.3, -0.25) is 9.59 Å². The summed E-state index contributed by atoms with van der Waals surface area (Å²) in [4.78, 5) is 23.5. The van der Waals surface area contributed by atoms with Gasteiger partial charge in [0.25, 0.3) is 0 Å². The molecule has 0 unspecified atom stereocenters. The molecule has 4 nitrogen and oxygen atoms in total. The van der Waals surface area contributed by atoms with Crippen molar-refractivity contribution in [2.24, 2.45) is 0 Å². The summed E-state index contributed by atoms with van der Waals surface area (Å²) < 4.78 is 0. The second-order valence-electron chi connectivity index (χ2n) is 4.88. The number of benzene rings is 1. The molecular formula is C14H16Cl2N2O2. The molecule has 2 N–H and O–H groups in total. The van der Waals surface area contributed by atoms with E-state index in [4.69, 9.17) is 23.2 Å². The summed E-state index contributed by atoms with van der Waals surface area (Å²) >= 11 is 11.8. The van der Waals surface area contributed by atoms with E-state index in [0.717, 1.165) is 25.7 Å². The van der Waals surface area contributed by atoms with Crippen molar-refractivity contribution < 1.29 is 9.59 Å². The van der Waals surface area contributed by atoms with E-state index in [1.807, 2.05) is 0 Å². The van der Waals surface area contributed by atoms with E-state index in [2.05, 4.69) is 10.6 Å². The fraction of sp³-hybridized carbons (Fsp3) is 0.429. The summed E-state index contributed by atoms with van der Waals surface area (Å²) in [5.74, 6) is -0.655. The molecule has 1 aromatic rings. The molecule has 0 aliphatic heterocycles. The maximum atomic E-state index is 11.8. The number of nitrogens with one attached hydrogen (secondary N) is 2. The van der Waals surface area contributed by atoms with Gasteiger partial charge in [0, 0.05) is 6.04 Å². The second kappa shape index (κ2) is 6.95. The molecule has 1 fully saturated rings. The first-order chi connectivity index (χ1) is 9.56. The fourth-order valence-corrected chi connectivity index (χ4v) is 2.64. The van der Waals surface area contributed by atoms with Crippen LogP contribution < -0.4 is 10.6 Å². The van der Waals surface area contributed by atoms with Crippen LogP contribution in [0.3, 0.4) is 0 Å². The molecule has 20 heavy (non-hydrogen) atoms. The number of carbonyl (C=O) groups is 2. The van der Waals surface area contributed by atoms with E-state index in [1.165, 1.54) is 0 Å². The minimum Gasteiger partial charge on any atom is -0.353 e. The van der Waals surface area contributed by atoms with Gasteiger partial charge >= 0.3 is 0 Å². The lowest BCUT2D eigenvalue weighted by Gasteiger charge is -2.12. The van der Waals surface area contributed by atoms with Gasteiger partial charge in [-0.1, -0.05) is 42.1 Å². The van der Waals surface area contributed by atoms with Gasteiger partial charge in [-0.15, -0.1) is 0 Å². The summed E-state index contributed by atoms with van der Waals surface area (Å²) in [5.41, 5.74) is 0.415. The van der Waals surface area contributed by atoms with Crippen molar-refractivity contribution in [1.29, 1.82) is 0 Å². The van der Waals surface area contributed by atoms with E-state index in [9.17, 15) is 9.59 Å². The van der Waals surface area contributed by atoms with Crippen molar-refractivity contribution in [2.45, 2.75) is 38.1 Å². The lowest BCUT2D eigenvalue weighted by Crippen LogP contribution is -2.35. The molecule has 2 rings (SSSR count). The van der Waals surface area contributed by atoms with Gasteiger partial charge in [-0.25, -0.2) is 0 Å². The van der Waals surface area contributed by atoms with Gasteiger partial charge in [-0.05, 0) is 25.0 Å². The molecule has 1 aliphatic carbocycles. The highest BCUT2D eigenvalue weighted by atomic mass is 35.5. The molecule has 0 atom stereocenters. The highest BCUT2D eigenvalue weighted by Crippen LogP contribution is 2.29. The third kappa shape index (κ3) is 4.12. The Kier molecular flexibility index (Phi) is 5.26. The topological polar surface area (TPSA) is 58.2 Å². The van der Waals surface area contributed by atoms with Crippen LogP contribution in [0, 0.1) is 0 Å². The first kappa shape index (κ1) is 15.1. The van der Waals surface area contributed by atoms with E-state index < -0.39 is 5.91 Å². The molecule has 0 heterocycles. The molecule has 108 valence electrons. The van der Waals surface area contributed by atoms with Gasteiger partial charge in [0.2, 0.25) is 11.8 Å². The summed E-state index contributed by atoms with van der Waals surface area (Å²) in [6.07, 6.45) is 4.05. The smallest absolute Gasteiger partial charge is 0.233 e. The van der Waals surface area contributed by atoms with Crippen molar-refractivity contribution in [3.8, 4) is 0 Å². The minimum absolute atomic E-state index is 0.209. The molecular weight excluding hydrogens is 299 g/mol.